The maximum absolute atomic E-state index is 14.1. The van der Waals surface area contributed by atoms with Crippen LogP contribution in [0.3, 0.4) is 0 Å². The first kappa shape index (κ1) is 30.6. The Bertz CT molecular complexity index is 1580. The topological polar surface area (TPSA) is 125 Å². The van der Waals surface area contributed by atoms with Crippen molar-refractivity contribution in [1.29, 1.82) is 0 Å². The molecule has 1 atom stereocenters. The number of aliphatic hydroxyl groups excluding tert-OH is 1. The zero-order chi connectivity index (χ0) is 29.9. The largest absolute Gasteiger partial charge is 0.494 e. The second-order valence-electron chi connectivity index (χ2n) is 10.8. The number of sulfonamides is 1. The van der Waals surface area contributed by atoms with Gasteiger partial charge in [0.25, 0.3) is 0 Å². The third kappa shape index (κ3) is 6.92. The van der Waals surface area contributed by atoms with Crippen LogP contribution in [0.4, 0.5) is 5.95 Å². The van der Waals surface area contributed by atoms with Gasteiger partial charge in [0.1, 0.15) is 22.9 Å². The summed E-state index contributed by atoms with van der Waals surface area (Å²) >= 11 is 5.99. The number of para-hydroxylation sites is 1. The van der Waals surface area contributed by atoms with E-state index in [2.05, 4.69) is 34.9 Å². The minimum Gasteiger partial charge on any atom is -0.494 e. The second kappa shape index (κ2) is 12.2. The fourth-order valence-corrected chi connectivity index (χ4v) is 6.96. The fourth-order valence-electron chi connectivity index (χ4n) is 4.27. The minimum atomic E-state index is -4.15. The summed E-state index contributed by atoms with van der Waals surface area (Å²) in [5.41, 5.74) is 1.33. The van der Waals surface area contributed by atoms with Crippen LogP contribution < -0.4 is 13.8 Å². The highest BCUT2D eigenvalue weighted by atomic mass is 35.5. The Labute approximate surface area is 246 Å². The van der Waals surface area contributed by atoms with Crippen molar-refractivity contribution in [2.45, 2.75) is 31.8 Å². The number of ether oxygens (including phenoxy) is 2. The van der Waals surface area contributed by atoms with E-state index in [0.717, 1.165) is 0 Å². The lowest BCUT2D eigenvalue weighted by atomic mass is 10.1. The quantitative estimate of drug-likeness (QED) is 0.229. The van der Waals surface area contributed by atoms with Crippen LogP contribution in [0, 0.1) is 0 Å². The molecule has 2 aromatic heterocycles. The molecule has 41 heavy (non-hydrogen) atoms. The van der Waals surface area contributed by atoms with Crippen molar-refractivity contribution in [1.82, 2.24) is 24.5 Å². The van der Waals surface area contributed by atoms with Gasteiger partial charge in [-0.2, -0.15) is 5.10 Å². The van der Waals surface area contributed by atoms with E-state index in [4.69, 9.17) is 21.1 Å². The summed E-state index contributed by atoms with van der Waals surface area (Å²) in [5, 5.41) is 24.8. The minimum absolute atomic E-state index is 0.0370. The molecule has 2 aromatic carbocycles. The lowest BCUT2D eigenvalue weighted by Crippen LogP contribution is -2.40. The van der Waals surface area contributed by atoms with Crippen LogP contribution in [0.2, 0.25) is 30.7 Å². The second-order valence-corrected chi connectivity index (χ2v) is 18.8. The van der Waals surface area contributed by atoms with Gasteiger partial charge in [0, 0.05) is 32.9 Å². The van der Waals surface area contributed by atoms with Crippen molar-refractivity contribution in [3.63, 3.8) is 0 Å². The standard InChI is InChI=1S/C27H35ClN6O5SSi/c1-32-15-14-21(31-32)26-29-30-27(34(26)25-23(38-2)8-7-9-24(25)39-3)33(16-17-41(4,5)6)40(36,37)18-22(35)19-10-12-20(28)13-11-19/h7-15,22,35H,16-18H2,1-6H3. The maximum atomic E-state index is 14.1. The number of hydrogen-bond donors (Lipinski definition) is 1. The number of anilines is 1. The number of benzene rings is 2. The molecule has 220 valence electrons. The monoisotopic (exact) mass is 618 g/mol. The van der Waals surface area contributed by atoms with E-state index in [9.17, 15) is 13.5 Å². The molecule has 14 heteroatoms. The molecule has 0 radical (unpaired) electrons. The SMILES string of the molecule is COc1cccc(OC)c1-n1c(-c2ccn(C)n2)nnc1N(CC[Si](C)(C)C)S(=O)(=O)CC(O)c1ccc(Cl)cc1. The molecule has 0 spiro atoms. The van der Waals surface area contributed by atoms with Crippen LogP contribution >= 0.6 is 11.6 Å². The number of hydrogen-bond acceptors (Lipinski definition) is 8. The van der Waals surface area contributed by atoms with E-state index in [1.165, 1.54) is 18.5 Å². The maximum Gasteiger partial charge on any atom is 0.246 e. The van der Waals surface area contributed by atoms with Gasteiger partial charge in [0.2, 0.25) is 16.0 Å². The Morgan fingerprint density at radius 1 is 1.02 bits per heavy atom. The highest BCUT2D eigenvalue weighted by Gasteiger charge is 2.35. The highest BCUT2D eigenvalue weighted by Crippen LogP contribution is 2.39. The summed E-state index contributed by atoms with van der Waals surface area (Å²) in [5.74, 6) is 0.609. The zero-order valence-electron chi connectivity index (χ0n) is 23.9. The Kier molecular flexibility index (Phi) is 9.12. The summed E-state index contributed by atoms with van der Waals surface area (Å²) in [6, 6.07) is 14.1. The van der Waals surface area contributed by atoms with Crippen LogP contribution in [-0.2, 0) is 17.1 Å². The molecule has 11 nitrogen and oxygen atoms in total. The number of methoxy groups -OCH3 is 2. The third-order valence-electron chi connectivity index (χ3n) is 6.46. The number of rotatable bonds is 12. The van der Waals surface area contributed by atoms with Crippen molar-refractivity contribution in [3.05, 3.63) is 65.3 Å². The van der Waals surface area contributed by atoms with Gasteiger partial charge >= 0.3 is 0 Å². The summed E-state index contributed by atoms with van der Waals surface area (Å²) in [6.07, 6.45) is 0.467. The third-order valence-corrected chi connectivity index (χ3v) is 10.2. The van der Waals surface area contributed by atoms with E-state index in [-0.39, 0.29) is 12.5 Å². The van der Waals surface area contributed by atoms with Crippen molar-refractivity contribution < 1.29 is 23.0 Å². The first-order valence-corrected chi connectivity index (χ1v) is 18.6. The van der Waals surface area contributed by atoms with Crippen LogP contribution in [-0.4, -0.2) is 72.7 Å². The molecule has 0 saturated carbocycles. The molecule has 0 aliphatic rings. The molecule has 0 saturated heterocycles. The van der Waals surface area contributed by atoms with Gasteiger partial charge in [-0.3, -0.25) is 9.25 Å². The summed E-state index contributed by atoms with van der Waals surface area (Å²) in [7, 11) is -1.07. The molecule has 0 aliphatic heterocycles. The van der Waals surface area contributed by atoms with Crippen molar-refractivity contribution in [3.8, 4) is 28.7 Å². The molecule has 1 unspecified atom stereocenters. The van der Waals surface area contributed by atoms with Gasteiger partial charge in [0.05, 0.1) is 26.1 Å². The van der Waals surface area contributed by atoms with E-state index in [1.807, 2.05) is 0 Å². The molecular weight excluding hydrogens is 584 g/mol. The first-order chi connectivity index (χ1) is 19.3. The number of aromatic nitrogens is 5. The number of halogens is 1. The average molecular weight is 619 g/mol. The van der Waals surface area contributed by atoms with Crippen molar-refractivity contribution >= 4 is 35.6 Å². The number of aryl methyl sites for hydroxylation is 1. The van der Waals surface area contributed by atoms with Gasteiger partial charge in [-0.05, 0) is 41.9 Å². The Balaban J connectivity index is 1.92. The Hall–Kier alpha value is -3.39. The molecule has 2 heterocycles. The van der Waals surface area contributed by atoms with Gasteiger partial charge in [-0.25, -0.2) is 12.7 Å². The smallest absolute Gasteiger partial charge is 0.246 e. The van der Waals surface area contributed by atoms with Crippen LogP contribution in [0.1, 0.15) is 11.7 Å². The lowest BCUT2D eigenvalue weighted by molar-refractivity contribution is 0.201. The normalized spacial score (nSPS) is 12.8. The Morgan fingerprint density at radius 2 is 1.66 bits per heavy atom. The van der Waals surface area contributed by atoms with Crippen molar-refractivity contribution in [2.75, 3.05) is 30.8 Å². The molecule has 0 fully saturated rings. The van der Waals surface area contributed by atoms with Crippen molar-refractivity contribution in [2.24, 2.45) is 7.05 Å². The first-order valence-electron chi connectivity index (χ1n) is 13.0. The van der Waals surface area contributed by atoms with E-state index < -0.39 is 30.0 Å². The summed E-state index contributed by atoms with van der Waals surface area (Å²) < 4.78 is 44.1. The lowest BCUT2D eigenvalue weighted by Gasteiger charge is -2.28. The molecule has 0 aliphatic carbocycles. The zero-order valence-corrected chi connectivity index (χ0v) is 26.5. The summed E-state index contributed by atoms with van der Waals surface area (Å²) in [6.45, 7) is 6.62. The molecule has 4 rings (SSSR count). The number of aliphatic hydroxyl groups is 1. The highest BCUT2D eigenvalue weighted by molar-refractivity contribution is 7.92. The molecule has 4 aromatic rings. The van der Waals surface area contributed by atoms with Crippen LogP contribution in [0.5, 0.6) is 11.5 Å². The van der Waals surface area contributed by atoms with E-state index in [0.29, 0.717) is 45.3 Å². The predicted octanol–water partition coefficient (Wildman–Crippen LogP) is 4.55. The average Bonchev–Trinajstić information content (AvgIpc) is 3.53. The van der Waals surface area contributed by atoms with Gasteiger partial charge in [0.15, 0.2) is 5.82 Å². The van der Waals surface area contributed by atoms with Crippen LogP contribution in [0.15, 0.2) is 54.7 Å². The predicted molar refractivity (Wildman–Crippen MR) is 162 cm³/mol. The van der Waals surface area contributed by atoms with Gasteiger partial charge in [-0.15, -0.1) is 10.2 Å². The number of nitrogens with zero attached hydrogens (tertiary/aromatic N) is 6. The molecule has 1 N–H and O–H groups in total. The van der Waals surface area contributed by atoms with Gasteiger partial charge in [-0.1, -0.05) is 49.4 Å². The van der Waals surface area contributed by atoms with E-state index in [1.54, 1.807) is 71.0 Å². The molecule has 0 bridgehead atoms. The molecular formula is C27H35ClN6O5SSi. The van der Waals surface area contributed by atoms with Crippen LogP contribution in [0.25, 0.3) is 17.2 Å². The van der Waals surface area contributed by atoms with E-state index >= 15 is 0 Å². The Morgan fingerprint density at radius 3 is 2.20 bits per heavy atom. The fraction of sp³-hybridized carbons (Fsp3) is 0.370. The van der Waals surface area contributed by atoms with Gasteiger partial charge < -0.3 is 14.6 Å². The molecule has 0 amide bonds. The summed E-state index contributed by atoms with van der Waals surface area (Å²) in [4.78, 5) is 0.